The number of nitrogens with zero attached hydrogens (tertiary/aromatic N) is 1. The molecule has 2 aromatic rings. The number of hydrogen-bond acceptors (Lipinski definition) is 4. The summed E-state index contributed by atoms with van der Waals surface area (Å²) >= 11 is 0. The molecule has 0 aliphatic heterocycles. The Hall–Kier alpha value is -1.50. The molecule has 1 unspecified atom stereocenters. The molecule has 21 heavy (non-hydrogen) atoms. The first-order chi connectivity index (χ1) is 9.92. The highest BCUT2D eigenvalue weighted by molar-refractivity contribution is 7.89. The van der Waals surface area contributed by atoms with Crippen LogP contribution in [0.2, 0.25) is 0 Å². The van der Waals surface area contributed by atoms with Crippen molar-refractivity contribution in [2.24, 2.45) is 0 Å². The molecule has 114 valence electrons. The summed E-state index contributed by atoms with van der Waals surface area (Å²) in [7, 11) is -3.67. The first-order valence-corrected chi connectivity index (χ1v) is 8.38. The van der Waals surface area contributed by atoms with E-state index in [9.17, 15) is 8.42 Å². The first kappa shape index (κ1) is 15.9. The molecule has 2 N–H and O–H groups in total. The highest BCUT2D eigenvalue weighted by Gasteiger charge is 2.29. The fourth-order valence-corrected chi connectivity index (χ4v) is 3.99. The van der Waals surface area contributed by atoms with Crippen LogP contribution in [0.15, 0.2) is 41.6 Å². The highest BCUT2D eigenvalue weighted by Crippen LogP contribution is 2.25. The van der Waals surface area contributed by atoms with E-state index < -0.39 is 15.6 Å². The van der Waals surface area contributed by atoms with Crippen LogP contribution in [0.5, 0.6) is 0 Å². The van der Waals surface area contributed by atoms with Gasteiger partial charge in [-0.25, -0.2) is 13.1 Å². The number of aromatic nitrogens is 1. The topological polar surface area (TPSA) is 79.3 Å². The smallest absolute Gasteiger partial charge is 0.241 e. The lowest BCUT2D eigenvalue weighted by Crippen LogP contribution is -2.46. The number of aliphatic hydroxyl groups is 1. The largest absolute Gasteiger partial charge is 0.396 e. The maximum atomic E-state index is 12.7. The molecule has 2 rings (SSSR count). The summed E-state index contributed by atoms with van der Waals surface area (Å²) in [6.45, 7) is 3.63. The molecule has 1 heterocycles. The van der Waals surface area contributed by atoms with Gasteiger partial charge in [-0.1, -0.05) is 19.1 Å². The van der Waals surface area contributed by atoms with Gasteiger partial charge in [0.25, 0.3) is 0 Å². The van der Waals surface area contributed by atoms with Gasteiger partial charge in [0.1, 0.15) is 0 Å². The Morgan fingerprint density at radius 3 is 2.76 bits per heavy atom. The molecule has 0 spiro atoms. The molecular formula is C15H20N2O3S. The van der Waals surface area contributed by atoms with Gasteiger partial charge >= 0.3 is 0 Å². The lowest BCUT2D eigenvalue weighted by atomic mass is 9.97. The Bertz CT molecular complexity index is 725. The molecule has 0 amide bonds. The van der Waals surface area contributed by atoms with Crippen LogP contribution in [-0.2, 0) is 10.0 Å². The Morgan fingerprint density at radius 2 is 2.10 bits per heavy atom. The summed E-state index contributed by atoms with van der Waals surface area (Å²) < 4.78 is 28.1. The second-order valence-corrected chi connectivity index (χ2v) is 7.00. The predicted octanol–water partition coefficient (Wildman–Crippen LogP) is 2.06. The van der Waals surface area contributed by atoms with E-state index in [1.54, 1.807) is 37.5 Å². The van der Waals surface area contributed by atoms with Crippen LogP contribution in [0.4, 0.5) is 0 Å². The maximum absolute atomic E-state index is 12.7. The normalized spacial score (nSPS) is 15.0. The van der Waals surface area contributed by atoms with E-state index in [2.05, 4.69) is 9.71 Å². The fourth-order valence-electron chi connectivity index (χ4n) is 2.25. The van der Waals surface area contributed by atoms with Crippen molar-refractivity contribution in [2.75, 3.05) is 6.61 Å². The number of hydrogen-bond donors (Lipinski definition) is 2. The fraction of sp³-hybridized carbons (Fsp3) is 0.400. The van der Waals surface area contributed by atoms with Crippen LogP contribution < -0.4 is 4.72 Å². The maximum Gasteiger partial charge on any atom is 0.241 e. The SMILES string of the molecule is CCC(C)(CCO)NS(=O)(=O)c1cccc2cnccc12. The Balaban J connectivity index is 2.47. The molecule has 0 saturated carbocycles. The van der Waals surface area contributed by atoms with Gasteiger partial charge in [-0.3, -0.25) is 4.98 Å². The molecule has 0 saturated heterocycles. The summed E-state index contributed by atoms with van der Waals surface area (Å²) in [5.74, 6) is 0. The number of rotatable bonds is 6. The number of aliphatic hydroxyl groups excluding tert-OH is 1. The molecular weight excluding hydrogens is 288 g/mol. The quantitative estimate of drug-likeness (QED) is 0.856. The predicted molar refractivity (Wildman–Crippen MR) is 82.5 cm³/mol. The Kier molecular flexibility index (Phi) is 4.61. The van der Waals surface area contributed by atoms with Crippen LogP contribution in [0.1, 0.15) is 26.7 Å². The highest BCUT2D eigenvalue weighted by atomic mass is 32.2. The Labute approximate surface area is 125 Å². The van der Waals surface area contributed by atoms with Crippen LogP contribution in [0.25, 0.3) is 10.8 Å². The third-order valence-corrected chi connectivity index (χ3v) is 5.45. The number of nitrogens with one attached hydrogen (secondary N) is 1. The minimum atomic E-state index is -3.67. The molecule has 0 aliphatic rings. The molecule has 0 fully saturated rings. The number of sulfonamides is 1. The zero-order chi connectivity index (χ0) is 15.5. The van der Waals surface area contributed by atoms with Crippen LogP contribution in [0, 0.1) is 0 Å². The van der Waals surface area contributed by atoms with Crippen LogP contribution in [-0.4, -0.2) is 30.7 Å². The third-order valence-electron chi connectivity index (χ3n) is 3.75. The van der Waals surface area contributed by atoms with Gasteiger partial charge in [0.05, 0.1) is 4.90 Å². The van der Waals surface area contributed by atoms with Gasteiger partial charge in [0.15, 0.2) is 0 Å². The van der Waals surface area contributed by atoms with E-state index in [0.29, 0.717) is 18.2 Å². The molecule has 1 atom stereocenters. The lowest BCUT2D eigenvalue weighted by molar-refractivity contribution is 0.233. The van der Waals surface area contributed by atoms with E-state index in [4.69, 9.17) is 5.11 Å². The van der Waals surface area contributed by atoms with Crippen molar-refractivity contribution in [1.82, 2.24) is 9.71 Å². The molecule has 1 aromatic heterocycles. The summed E-state index contributed by atoms with van der Waals surface area (Å²) in [5.41, 5.74) is -0.664. The summed E-state index contributed by atoms with van der Waals surface area (Å²) in [4.78, 5) is 4.24. The molecule has 0 bridgehead atoms. The first-order valence-electron chi connectivity index (χ1n) is 6.89. The van der Waals surface area contributed by atoms with Crippen LogP contribution >= 0.6 is 0 Å². The van der Waals surface area contributed by atoms with Crippen molar-refractivity contribution in [3.8, 4) is 0 Å². The minimum absolute atomic E-state index is 0.0632. The van der Waals surface area contributed by atoms with Crippen molar-refractivity contribution in [3.63, 3.8) is 0 Å². The van der Waals surface area contributed by atoms with Gasteiger partial charge in [-0.2, -0.15) is 0 Å². The molecule has 5 nitrogen and oxygen atoms in total. The van der Waals surface area contributed by atoms with Gasteiger partial charge < -0.3 is 5.11 Å². The number of fused-ring (bicyclic) bond motifs is 1. The summed E-state index contributed by atoms with van der Waals surface area (Å²) in [5, 5.41) is 10.5. The van der Waals surface area contributed by atoms with E-state index in [-0.39, 0.29) is 11.5 Å². The van der Waals surface area contributed by atoms with Crippen molar-refractivity contribution in [1.29, 1.82) is 0 Å². The van der Waals surface area contributed by atoms with E-state index >= 15 is 0 Å². The van der Waals surface area contributed by atoms with E-state index in [0.717, 1.165) is 5.39 Å². The van der Waals surface area contributed by atoms with Crippen molar-refractivity contribution in [3.05, 3.63) is 36.7 Å². The second kappa shape index (κ2) is 6.09. The van der Waals surface area contributed by atoms with Gasteiger partial charge in [-0.05, 0) is 31.9 Å². The molecule has 0 radical (unpaired) electrons. The molecule has 1 aromatic carbocycles. The molecule has 0 aliphatic carbocycles. The number of pyridine rings is 1. The number of benzene rings is 1. The van der Waals surface area contributed by atoms with Crippen LogP contribution in [0.3, 0.4) is 0 Å². The summed E-state index contributed by atoms with van der Waals surface area (Å²) in [6, 6.07) is 6.81. The van der Waals surface area contributed by atoms with Crippen molar-refractivity contribution in [2.45, 2.75) is 37.1 Å². The standard InChI is InChI=1S/C15H20N2O3S/c1-3-15(2,8-10-18)17-21(19,20)14-6-4-5-12-11-16-9-7-13(12)14/h4-7,9,11,17-18H,3,8,10H2,1-2H3. The van der Waals surface area contributed by atoms with Gasteiger partial charge in [0, 0.05) is 35.3 Å². The average Bonchev–Trinajstić information content (AvgIpc) is 2.46. The van der Waals surface area contributed by atoms with Crippen molar-refractivity contribution >= 4 is 20.8 Å². The second-order valence-electron chi connectivity index (χ2n) is 5.35. The average molecular weight is 308 g/mol. The Morgan fingerprint density at radius 1 is 1.33 bits per heavy atom. The zero-order valence-electron chi connectivity index (χ0n) is 12.2. The van der Waals surface area contributed by atoms with Gasteiger partial charge in [-0.15, -0.1) is 0 Å². The van der Waals surface area contributed by atoms with E-state index in [1.165, 1.54) is 0 Å². The minimum Gasteiger partial charge on any atom is -0.396 e. The van der Waals surface area contributed by atoms with Crippen molar-refractivity contribution < 1.29 is 13.5 Å². The lowest BCUT2D eigenvalue weighted by Gasteiger charge is -2.28. The summed E-state index contributed by atoms with van der Waals surface area (Å²) in [6.07, 6.45) is 4.18. The third kappa shape index (κ3) is 3.40. The van der Waals surface area contributed by atoms with Gasteiger partial charge in [0.2, 0.25) is 10.0 Å². The zero-order valence-corrected chi connectivity index (χ0v) is 13.0. The van der Waals surface area contributed by atoms with E-state index in [1.807, 2.05) is 13.0 Å². The molecule has 6 heteroatoms. The monoisotopic (exact) mass is 308 g/mol.